The predicted molar refractivity (Wildman–Crippen MR) is 82.3 cm³/mol. The van der Waals surface area contributed by atoms with Crippen molar-refractivity contribution in [1.82, 2.24) is 4.90 Å². The van der Waals surface area contributed by atoms with Crippen LogP contribution in [-0.4, -0.2) is 37.2 Å². The van der Waals surface area contributed by atoms with E-state index in [1.165, 1.54) is 0 Å². The molecule has 0 saturated carbocycles. The summed E-state index contributed by atoms with van der Waals surface area (Å²) in [6.45, 7) is 3.68. The Bertz CT molecular complexity index is 560. The topological polar surface area (TPSA) is 50.0 Å². The number of para-hydroxylation sites is 1. The zero-order valence-corrected chi connectivity index (χ0v) is 11.9. The number of furan rings is 1. The molecule has 2 aromatic rings. The number of nitrogens with zero attached hydrogens (tertiary/aromatic N) is 2. The third-order valence-electron chi connectivity index (χ3n) is 3.31. The first-order valence-electron chi connectivity index (χ1n) is 7.13. The molecule has 0 amide bonds. The van der Waals surface area contributed by atoms with E-state index in [0.29, 0.717) is 6.54 Å². The quantitative estimate of drug-likeness (QED) is 0.695. The summed E-state index contributed by atoms with van der Waals surface area (Å²) in [5.41, 5.74) is 1.03. The smallest absolute Gasteiger partial charge is 0.199 e. The number of guanidine groups is 1. The molecule has 1 aliphatic heterocycles. The summed E-state index contributed by atoms with van der Waals surface area (Å²) in [5.74, 6) is 1.72. The molecule has 0 aliphatic carbocycles. The minimum atomic E-state index is 0.527. The molecule has 1 N–H and O–H groups in total. The molecule has 2 heterocycles. The fourth-order valence-electron chi connectivity index (χ4n) is 2.20. The average molecular weight is 285 g/mol. The SMILES string of the molecule is c1ccc(NC(=NCc2ccco2)N2CCOCC2)cc1. The van der Waals surface area contributed by atoms with E-state index in [1.807, 2.05) is 42.5 Å². The molecular weight excluding hydrogens is 266 g/mol. The number of benzene rings is 1. The Morgan fingerprint density at radius 1 is 1.10 bits per heavy atom. The standard InChI is InChI=1S/C16H19N3O2/c1-2-5-14(6-3-1)18-16(19-8-11-20-12-9-19)17-13-15-7-4-10-21-15/h1-7,10H,8-9,11-13H2,(H,17,18). The second-order valence-electron chi connectivity index (χ2n) is 4.81. The van der Waals surface area contributed by atoms with Crippen molar-refractivity contribution >= 4 is 11.6 Å². The van der Waals surface area contributed by atoms with Gasteiger partial charge in [0, 0.05) is 18.8 Å². The van der Waals surface area contributed by atoms with Gasteiger partial charge in [0.05, 0.1) is 19.5 Å². The highest BCUT2D eigenvalue weighted by Gasteiger charge is 2.15. The molecule has 1 saturated heterocycles. The van der Waals surface area contributed by atoms with Crippen molar-refractivity contribution in [2.24, 2.45) is 4.99 Å². The Hall–Kier alpha value is -2.27. The van der Waals surface area contributed by atoms with Crippen molar-refractivity contribution in [3.05, 3.63) is 54.5 Å². The van der Waals surface area contributed by atoms with E-state index >= 15 is 0 Å². The molecule has 1 fully saturated rings. The van der Waals surface area contributed by atoms with Crippen molar-refractivity contribution in [3.8, 4) is 0 Å². The first kappa shape index (κ1) is 13.7. The van der Waals surface area contributed by atoms with Crippen LogP contribution in [-0.2, 0) is 11.3 Å². The number of hydrogen-bond donors (Lipinski definition) is 1. The second-order valence-corrected chi connectivity index (χ2v) is 4.81. The molecule has 0 unspecified atom stereocenters. The monoisotopic (exact) mass is 285 g/mol. The minimum absolute atomic E-state index is 0.527. The van der Waals surface area contributed by atoms with Gasteiger partial charge in [0.15, 0.2) is 5.96 Å². The van der Waals surface area contributed by atoms with Gasteiger partial charge in [0.2, 0.25) is 0 Å². The van der Waals surface area contributed by atoms with Gasteiger partial charge in [-0.2, -0.15) is 0 Å². The molecule has 110 valence electrons. The van der Waals surface area contributed by atoms with E-state index in [9.17, 15) is 0 Å². The molecule has 0 bridgehead atoms. The Morgan fingerprint density at radius 2 is 1.90 bits per heavy atom. The first-order chi connectivity index (χ1) is 10.4. The number of aliphatic imine (C=N–C) groups is 1. The van der Waals surface area contributed by atoms with E-state index in [-0.39, 0.29) is 0 Å². The lowest BCUT2D eigenvalue weighted by atomic mass is 10.3. The van der Waals surface area contributed by atoms with Crippen LogP contribution in [0, 0.1) is 0 Å². The van der Waals surface area contributed by atoms with Gasteiger partial charge in [0.25, 0.3) is 0 Å². The van der Waals surface area contributed by atoms with Crippen molar-refractivity contribution in [1.29, 1.82) is 0 Å². The lowest BCUT2D eigenvalue weighted by Gasteiger charge is -2.30. The number of anilines is 1. The van der Waals surface area contributed by atoms with Crippen LogP contribution in [0.5, 0.6) is 0 Å². The van der Waals surface area contributed by atoms with E-state index in [4.69, 9.17) is 9.15 Å². The van der Waals surface area contributed by atoms with Crippen molar-refractivity contribution < 1.29 is 9.15 Å². The van der Waals surface area contributed by atoms with E-state index in [2.05, 4.69) is 15.2 Å². The highest BCUT2D eigenvalue weighted by atomic mass is 16.5. The Kier molecular flexibility index (Phi) is 4.53. The number of morpholine rings is 1. The third-order valence-corrected chi connectivity index (χ3v) is 3.31. The summed E-state index contributed by atoms with van der Waals surface area (Å²) in [6, 6.07) is 13.9. The van der Waals surface area contributed by atoms with Gasteiger partial charge in [-0.25, -0.2) is 4.99 Å². The molecule has 1 aliphatic rings. The van der Waals surface area contributed by atoms with Crippen LogP contribution >= 0.6 is 0 Å². The van der Waals surface area contributed by atoms with Crippen LogP contribution in [0.3, 0.4) is 0 Å². The zero-order chi connectivity index (χ0) is 14.3. The lowest BCUT2D eigenvalue weighted by molar-refractivity contribution is 0.0679. The number of ether oxygens (including phenoxy) is 1. The van der Waals surface area contributed by atoms with Gasteiger partial charge in [-0.3, -0.25) is 0 Å². The largest absolute Gasteiger partial charge is 0.467 e. The fraction of sp³-hybridized carbons (Fsp3) is 0.312. The van der Waals surface area contributed by atoms with Gasteiger partial charge < -0.3 is 19.4 Å². The molecule has 0 spiro atoms. The van der Waals surface area contributed by atoms with E-state index < -0.39 is 0 Å². The van der Waals surface area contributed by atoms with Gasteiger partial charge in [0.1, 0.15) is 12.3 Å². The van der Waals surface area contributed by atoms with Crippen LogP contribution < -0.4 is 5.32 Å². The molecule has 0 atom stereocenters. The summed E-state index contributed by atoms with van der Waals surface area (Å²) >= 11 is 0. The highest BCUT2D eigenvalue weighted by molar-refractivity contribution is 5.93. The summed E-state index contributed by atoms with van der Waals surface area (Å²) in [5, 5.41) is 3.39. The summed E-state index contributed by atoms with van der Waals surface area (Å²) in [4.78, 5) is 6.88. The van der Waals surface area contributed by atoms with Crippen molar-refractivity contribution in [2.75, 3.05) is 31.6 Å². The van der Waals surface area contributed by atoms with Gasteiger partial charge in [-0.05, 0) is 24.3 Å². The number of nitrogens with one attached hydrogen (secondary N) is 1. The maximum Gasteiger partial charge on any atom is 0.199 e. The summed E-state index contributed by atoms with van der Waals surface area (Å²) in [6.07, 6.45) is 1.67. The normalized spacial score (nSPS) is 16.0. The average Bonchev–Trinajstić information content (AvgIpc) is 3.07. The second kappa shape index (κ2) is 6.95. The molecule has 1 aromatic heterocycles. The molecular formula is C16H19N3O2. The Balaban J connectivity index is 1.74. The van der Waals surface area contributed by atoms with Gasteiger partial charge >= 0.3 is 0 Å². The highest BCUT2D eigenvalue weighted by Crippen LogP contribution is 2.10. The van der Waals surface area contributed by atoms with Crippen LogP contribution in [0.4, 0.5) is 5.69 Å². The van der Waals surface area contributed by atoms with Crippen LogP contribution in [0.1, 0.15) is 5.76 Å². The Morgan fingerprint density at radius 3 is 2.62 bits per heavy atom. The minimum Gasteiger partial charge on any atom is -0.467 e. The van der Waals surface area contributed by atoms with Crippen molar-refractivity contribution in [3.63, 3.8) is 0 Å². The van der Waals surface area contributed by atoms with Gasteiger partial charge in [-0.1, -0.05) is 18.2 Å². The fourth-order valence-corrected chi connectivity index (χ4v) is 2.20. The maximum atomic E-state index is 5.41. The number of rotatable bonds is 3. The zero-order valence-electron chi connectivity index (χ0n) is 11.9. The predicted octanol–water partition coefficient (Wildman–Crippen LogP) is 2.58. The van der Waals surface area contributed by atoms with Crippen LogP contribution in [0.15, 0.2) is 58.1 Å². The Labute approximate surface area is 124 Å². The third kappa shape index (κ3) is 3.86. The first-order valence-corrected chi connectivity index (χ1v) is 7.13. The van der Waals surface area contributed by atoms with E-state index in [1.54, 1.807) is 6.26 Å². The lowest BCUT2D eigenvalue weighted by Crippen LogP contribution is -2.44. The molecule has 0 radical (unpaired) electrons. The molecule has 3 rings (SSSR count). The molecule has 1 aromatic carbocycles. The van der Waals surface area contributed by atoms with Gasteiger partial charge in [-0.15, -0.1) is 0 Å². The molecule has 21 heavy (non-hydrogen) atoms. The molecule has 5 nitrogen and oxygen atoms in total. The maximum absolute atomic E-state index is 5.41. The van der Waals surface area contributed by atoms with E-state index in [0.717, 1.165) is 43.7 Å². The summed E-state index contributed by atoms with van der Waals surface area (Å²) < 4.78 is 10.8. The van der Waals surface area contributed by atoms with Crippen LogP contribution in [0.2, 0.25) is 0 Å². The summed E-state index contributed by atoms with van der Waals surface area (Å²) in [7, 11) is 0. The number of hydrogen-bond acceptors (Lipinski definition) is 3. The van der Waals surface area contributed by atoms with Crippen molar-refractivity contribution in [2.45, 2.75) is 6.54 Å². The molecule has 5 heteroatoms. The van der Waals surface area contributed by atoms with Crippen LogP contribution in [0.25, 0.3) is 0 Å².